The molecule has 0 heterocycles. The number of carbonyl (C=O) groups excluding carboxylic acids is 1. The maximum atomic E-state index is 11.5. The molecule has 3 N–H and O–H groups in total. The van der Waals surface area contributed by atoms with Crippen molar-refractivity contribution in [3.05, 3.63) is 34.9 Å². The Morgan fingerprint density at radius 2 is 2.00 bits per heavy atom. The van der Waals surface area contributed by atoms with Gasteiger partial charge in [0, 0.05) is 24.4 Å². The molecular formula is C13H16ClNO4. The van der Waals surface area contributed by atoms with Crippen molar-refractivity contribution in [1.29, 1.82) is 0 Å². The Balaban J connectivity index is 2.25. The molecule has 0 bridgehead atoms. The zero-order valence-electron chi connectivity index (χ0n) is 10.3. The molecule has 1 aromatic rings. The van der Waals surface area contributed by atoms with Crippen molar-refractivity contribution in [2.75, 3.05) is 6.54 Å². The minimum absolute atomic E-state index is 0.00678. The van der Waals surface area contributed by atoms with Crippen LogP contribution in [0.25, 0.3) is 0 Å². The molecule has 0 fully saturated rings. The molecule has 5 nitrogen and oxygen atoms in total. The van der Waals surface area contributed by atoms with E-state index in [-0.39, 0.29) is 25.3 Å². The van der Waals surface area contributed by atoms with E-state index in [1.165, 1.54) is 0 Å². The Morgan fingerprint density at radius 3 is 2.63 bits per heavy atom. The third-order valence-electron chi connectivity index (χ3n) is 2.60. The molecule has 0 aliphatic rings. The van der Waals surface area contributed by atoms with Crippen LogP contribution in [0.2, 0.25) is 5.02 Å². The number of halogens is 1. The van der Waals surface area contributed by atoms with Crippen molar-refractivity contribution >= 4 is 23.5 Å². The smallest absolute Gasteiger partial charge is 0.332 e. The minimum Gasteiger partial charge on any atom is -0.479 e. The first-order valence-corrected chi connectivity index (χ1v) is 6.29. The number of carboxylic acid groups (broad SMARTS) is 1. The van der Waals surface area contributed by atoms with Crippen LogP contribution in [0.15, 0.2) is 24.3 Å². The van der Waals surface area contributed by atoms with Crippen LogP contribution < -0.4 is 5.32 Å². The summed E-state index contributed by atoms with van der Waals surface area (Å²) in [4.78, 5) is 21.8. The average Bonchev–Trinajstić information content (AvgIpc) is 2.37. The van der Waals surface area contributed by atoms with Crippen molar-refractivity contribution in [3.63, 3.8) is 0 Å². The van der Waals surface area contributed by atoms with Gasteiger partial charge in [0.1, 0.15) is 0 Å². The summed E-state index contributed by atoms with van der Waals surface area (Å²) in [5.41, 5.74) is 0.893. The monoisotopic (exact) mass is 285 g/mol. The van der Waals surface area contributed by atoms with Gasteiger partial charge in [-0.3, -0.25) is 4.79 Å². The van der Waals surface area contributed by atoms with E-state index < -0.39 is 12.1 Å². The number of aliphatic hydroxyl groups is 1. The maximum Gasteiger partial charge on any atom is 0.332 e. The topological polar surface area (TPSA) is 86.6 Å². The number of aliphatic carboxylic acids is 1. The largest absolute Gasteiger partial charge is 0.479 e. The van der Waals surface area contributed by atoms with E-state index in [4.69, 9.17) is 21.8 Å². The molecule has 104 valence electrons. The van der Waals surface area contributed by atoms with E-state index in [0.29, 0.717) is 11.4 Å². The average molecular weight is 286 g/mol. The normalized spacial score (nSPS) is 11.9. The summed E-state index contributed by atoms with van der Waals surface area (Å²) >= 11 is 5.96. The summed E-state index contributed by atoms with van der Waals surface area (Å²) in [5.74, 6) is -1.48. The molecule has 6 heteroatoms. The molecule has 0 aliphatic heterocycles. The Morgan fingerprint density at radius 1 is 1.32 bits per heavy atom. The van der Waals surface area contributed by atoms with Crippen LogP contribution in [-0.4, -0.2) is 34.7 Å². The van der Waals surface area contributed by atoms with Crippen LogP contribution in [0, 0.1) is 0 Å². The van der Waals surface area contributed by atoms with Gasteiger partial charge < -0.3 is 15.5 Å². The summed E-state index contributed by atoms with van der Waals surface area (Å²) < 4.78 is 0. The third-order valence-corrected chi connectivity index (χ3v) is 2.97. The van der Waals surface area contributed by atoms with Crippen LogP contribution in [0.3, 0.4) is 0 Å². The first-order valence-electron chi connectivity index (χ1n) is 5.91. The van der Waals surface area contributed by atoms with Crippen LogP contribution in [-0.2, 0) is 16.0 Å². The highest BCUT2D eigenvalue weighted by Gasteiger charge is 2.12. The SMILES string of the molecule is O=C(CCc1ccccc1Cl)NCCC(O)C(=O)O. The number of carboxylic acids is 1. The molecular weight excluding hydrogens is 270 g/mol. The van der Waals surface area contributed by atoms with E-state index in [9.17, 15) is 9.59 Å². The molecule has 0 saturated heterocycles. The first kappa shape index (κ1) is 15.5. The van der Waals surface area contributed by atoms with Gasteiger partial charge in [0.25, 0.3) is 0 Å². The molecule has 1 unspecified atom stereocenters. The van der Waals surface area contributed by atoms with Crippen molar-refractivity contribution in [1.82, 2.24) is 5.32 Å². The predicted molar refractivity (Wildman–Crippen MR) is 71.0 cm³/mol. The Bertz CT molecular complexity index is 450. The zero-order chi connectivity index (χ0) is 14.3. The molecule has 1 aromatic carbocycles. The van der Waals surface area contributed by atoms with E-state index in [0.717, 1.165) is 5.56 Å². The Hall–Kier alpha value is -1.59. The maximum absolute atomic E-state index is 11.5. The number of hydrogen-bond donors (Lipinski definition) is 3. The number of aryl methyl sites for hydroxylation is 1. The molecule has 1 rings (SSSR count). The van der Waals surface area contributed by atoms with Gasteiger partial charge in [0.2, 0.25) is 5.91 Å². The lowest BCUT2D eigenvalue weighted by atomic mass is 10.1. The molecule has 0 spiro atoms. The van der Waals surface area contributed by atoms with Gasteiger partial charge in [-0.25, -0.2) is 4.79 Å². The molecule has 1 amide bonds. The first-order chi connectivity index (χ1) is 9.00. The number of nitrogens with one attached hydrogen (secondary N) is 1. The second kappa shape index (κ2) is 7.76. The predicted octanol–water partition coefficient (Wildman–Crippen LogP) is 1.22. The highest BCUT2D eigenvalue weighted by molar-refractivity contribution is 6.31. The lowest BCUT2D eigenvalue weighted by molar-refractivity contribution is -0.147. The van der Waals surface area contributed by atoms with E-state index >= 15 is 0 Å². The molecule has 1 atom stereocenters. The van der Waals surface area contributed by atoms with Crippen LogP contribution >= 0.6 is 11.6 Å². The fourth-order valence-electron chi connectivity index (χ4n) is 1.51. The van der Waals surface area contributed by atoms with Gasteiger partial charge >= 0.3 is 5.97 Å². The summed E-state index contributed by atoms with van der Waals surface area (Å²) in [7, 11) is 0. The van der Waals surface area contributed by atoms with Gasteiger partial charge in [-0.05, 0) is 18.1 Å². The second-order valence-corrected chi connectivity index (χ2v) is 4.49. The van der Waals surface area contributed by atoms with Gasteiger partial charge in [0.05, 0.1) is 0 Å². The number of hydrogen-bond acceptors (Lipinski definition) is 3. The third kappa shape index (κ3) is 5.72. The molecule has 0 saturated carbocycles. The van der Waals surface area contributed by atoms with Crippen LogP contribution in [0.4, 0.5) is 0 Å². The van der Waals surface area contributed by atoms with Gasteiger partial charge in [-0.1, -0.05) is 29.8 Å². The molecule has 0 aromatic heterocycles. The Kier molecular flexibility index (Phi) is 6.32. The van der Waals surface area contributed by atoms with Crippen molar-refractivity contribution < 1.29 is 19.8 Å². The highest BCUT2D eigenvalue weighted by Crippen LogP contribution is 2.16. The molecule has 0 aliphatic carbocycles. The van der Waals surface area contributed by atoms with Crippen molar-refractivity contribution in [2.45, 2.75) is 25.4 Å². The number of carbonyl (C=O) groups is 2. The minimum atomic E-state index is -1.44. The van der Waals surface area contributed by atoms with Crippen molar-refractivity contribution in [3.8, 4) is 0 Å². The van der Waals surface area contributed by atoms with E-state index in [1.54, 1.807) is 6.07 Å². The zero-order valence-corrected chi connectivity index (χ0v) is 11.1. The Labute approximate surface area is 116 Å². The highest BCUT2D eigenvalue weighted by atomic mass is 35.5. The van der Waals surface area contributed by atoms with Gasteiger partial charge in [-0.2, -0.15) is 0 Å². The van der Waals surface area contributed by atoms with Gasteiger partial charge in [0.15, 0.2) is 6.10 Å². The second-order valence-electron chi connectivity index (χ2n) is 4.08. The number of aliphatic hydroxyl groups excluding tert-OH is 1. The summed E-state index contributed by atoms with van der Waals surface area (Å²) in [6.07, 6.45) is -0.656. The van der Waals surface area contributed by atoms with Crippen LogP contribution in [0.1, 0.15) is 18.4 Å². The standard InChI is InChI=1S/C13H16ClNO4/c14-10-4-2-1-3-9(10)5-6-12(17)15-8-7-11(16)13(18)19/h1-4,11,16H,5-8H2,(H,15,17)(H,18,19). The summed E-state index contributed by atoms with van der Waals surface area (Å²) in [6, 6.07) is 7.28. The summed E-state index contributed by atoms with van der Waals surface area (Å²) in [5, 5.41) is 20.6. The van der Waals surface area contributed by atoms with E-state index in [1.807, 2.05) is 18.2 Å². The lowest BCUT2D eigenvalue weighted by Gasteiger charge is -2.08. The number of rotatable bonds is 7. The fraction of sp³-hybridized carbons (Fsp3) is 0.385. The number of benzene rings is 1. The van der Waals surface area contributed by atoms with Crippen LogP contribution in [0.5, 0.6) is 0 Å². The van der Waals surface area contributed by atoms with E-state index in [2.05, 4.69) is 5.32 Å². The molecule has 19 heavy (non-hydrogen) atoms. The van der Waals surface area contributed by atoms with Crippen molar-refractivity contribution in [2.24, 2.45) is 0 Å². The summed E-state index contributed by atoms with van der Waals surface area (Å²) in [6.45, 7) is 0.134. The number of amides is 1. The lowest BCUT2D eigenvalue weighted by Crippen LogP contribution is -2.30. The molecule has 0 radical (unpaired) electrons. The fourth-order valence-corrected chi connectivity index (χ4v) is 1.74. The van der Waals surface area contributed by atoms with Gasteiger partial charge in [-0.15, -0.1) is 0 Å². The quantitative estimate of drug-likeness (QED) is 0.703.